The Bertz CT molecular complexity index is 1740. The maximum absolute atomic E-state index is 13.7. The van der Waals surface area contributed by atoms with Crippen LogP contribution >= 0.6 is 0 Å². The molecule has 0 radical (unpaired) electrons. The van der Waals surface area contributed by atoms with Crippen molar-refractivity contribution in [3.05, 3.63) is 78.0 Å². The Labute approximate surface area is 243 Å². The van der Waals surface area contributed by atoms with E-state index in [1.165, 1.54) is 46.3 Å². The van der Waals surface area contributed by atoms with E-state index in [9.17, 15) is 18.0 Å². The molecule has 1 unspecified atom stereocenters. The third kappa shape index (κ3) is 6.72. The van der Waals surface area contributed by atoms with Crippen LogP contribution in [-0.2, 0) is 26.0 Å². The predicted octanol–water partition coefficient (Wildman–Crippen LogP) is 4.02. The van der Waals surface area contributed by atoms with Gasteiger partial charge in [-0.25, -0.2) is 13.4 Å². The van der Waals surface area contributed by atoms with Crippen molar-refractivity contribution in [2.45, 2.75) is 31.4 Å². The first-order valence-electron chi connectivity index (χ1n) is 13.0. The zero-order valence-electron chi connectivity index (χ0n) is 23.6. The molecule has 11 nitrogen and oxygen atoms in total. The molecule has 0 spiro atoms. The van der Waals surface area contributed by atoms with Gasteiger partial charge in [0.1, 0.15) is 11.6 Å². The van der Waals surface area contributed by atoms with Gasteiger partial charge in [-0.05, 0) is 65.5 Å². The maximum atomic E-state index is 13.7. The Morgan fingerprint density at radius 1 is 0.976 bits per heavy atom. The van der Waals surface area contributed by atoms with E-state index in [4.69, 9.17) is 19.9 Å². The van der Waals surface area contributed by atoms with E-state index < -0.39 is 21.8 Å². The summed E-state index contributed by atoms with van der Waals surface area (Å²) in [6, 6.07) is 16.4. The smallest absolute Gasteiger partial charge is 0.266 e. The largest absolute Gasteiger partial charge is 0.493 e. The van der Waals surface area contributed by atoms with Crippen LogP contribution in [0, 0.1) is 0 Å². The van der Waals surface area contributed by atoms with Crippen LogP contribution in [0.1, 0.15) is 31.1 Å². The van der Waals surface area contributed by atoms with Crippen LogP contribution in [0.15, 0.2) is 71.8 Å². The number of hydrogen-bond donors (Lipinski definition) is 3. The molecule has 42 heavy (non-hydrogen) atoms. The third-order valence-corrected chi connectivity index (χ3v) is 8.35. The van der Waals surface area contributed by atoms with Crippen molar-refractivity contribution in [2.24, 2.45) is 0 Å². The number of nitrogen functional groups attached to an aromatic ring is 1. The lowest BCUT2D eigenvalue weighted by atomic mass is 10.1. The molecule has 4 rings (SSSR count). The molecule has 0 bridgehead atoms. The molecule has 1 atom stereocenters. The zero-order valence-corrected chi connectivity index (χ0v) is 24.4. The van der Waals surface area contributed by atoms with Gasteiger partial charge in [0.2, 0.25) is 12.0 Å². The average molecular weight is 593 g/mol. The Balaban J connectivity index is 1.70. The number of pyridine rings is 1. The van der Waals surface area contributed by atoms with Gasteiger partial charge in [-0.15, -0.1) is 0 Å². The minimum Gasteiger partial charge on any atom is -0.493 e. The van der Waals surface area contributed by atoms with E-state index in [0.29, 0.717) is 39.9 Å². The number of carbonyl (C=O) groups excluding carboxylic acids is 2. The number of benzene rings is 3. The topological polar surface area (TPSA) is 159 Å². The number of carbonyl (C=O) groups is 2. The Morgan fingerprint density at radius 3 is 2.43 bits per heavy atom. The van der Waals surface area contributed by atoms with Crippen LogP contribution in [0.25, 0.3) is 10.8 Å². The Kier molecular flexibility index (Phi) is 9.16. The van der Waals surface area contributed by atoms with Crippen molar-refractivity contribution in [2.75, 3.05) is 31.0 Å². The number of hydrogen-bond acceptors (Lipinski definition) is 9. The molecule has 1 aromatic heterocycles. The van der Waals surface area contributed by atoms with Gasteiger partial charge in [-0.3, -0.25) is 9.59 Å². The number of sulfone groups is 1. The Morgan fingerprint density at radius 2 is 1.74 bits per heavy atom. The van der Waals surface area contributed by atoms with Crippen molar-refractivity contribution >= 4 is 43.9 Å². The molecule has 4 aromatic rings. The lowest BCUT2D eigenvalue weighted by molar-refractivity contribution is -0.128. The molecule has 0 aliphatic carbocycles. The number of amides is 2. The molecule has 0 fully saturated rings. The van der Waals surface area contributed by atoms with Crippen molar-refractivity contribution in [3.63, 3.8) is 0 Å². The number of aromatic nitrogens is 1. The molecule has 0 saturated carbocycles. The average Bonchev–Trinajstić information content (AvgIpc) is 2.98. The van der Waals surface area contributed by atoms with Crippen LogP contribution < -0.4 is 30.6 Å². The molecule has 220 valence electrons. The highest BCUT2D eigenvalue weighted by Crippen LogP contribution is 2.33. The molecular weight excluding hydrogens is 560 g/mol. The van der Waals surface area contributed by atoms with Crippen LogP contribution in [-0.4, -0.2) is 45.2 Å². The highest BCUT2D eigenvalue weighted by atomic mass is 32.2. The molecule has 2 amide bonds. The van der Waals surface area contributed by atoms with Gasteiger partial charge >= 0.3 is 0 Å². The summed E-state index contributed by atoms with van der Waals surface area (Å²) in [6.45, 7) is 2.74. The summed E-state index contributed by atoms with van der Waals surface area (Å²) in [7, 11) is -0.637. The first-order chi connectivity index (χ1) is 20.1. The number of nitrogens with zero attached hydrogens (tertiary/aromatic N) is 1. The van der Waals surface area contributed by atoms with Gasteiger partial charge in [0.25, 0.3) is 5.91 Å². The minimum atomic E-state index is -3.62. The SMILES string of the molecule is CCS(=O)(=O)c1ccc(NC(C)=O)cc1CNC(=O)C(Oc1ccc2c(N)nccc2c1)c1ccc(OC)c(OC)c1. The number of nitrogens with one attached hydrogen (secondary N) is 2. The summed E-state index contributed by atoms with van der Waals surface area (Å²) >= 11 is 0. The number of methoxy groups -OCH3 is 2. The number of anilines is 2. The summed E-state index contributed by atoms with van der Waals surface area (Å²) < 4.78 is 42.6. The molecule has 0 aliphatic rings. The summed E-state index contributed by atoms with van der Waals surface area (Å²) in [5.74, 6) is 0.642. The van der Waals surface area contributed by atoms with Gasteiger partial charge in [-0.2, -0.15) is 0 Å². The summed E-state index contributed by atoms with van der Waals surface area (Å²) in [5, 5.41) is 6.96. The lowest BCUT2D eigenvalue weighted by Gasteiger charge is -2.21. The Hall–Kier alpha value is -4.84. The van der Waals surface area contributed by atoms with Crippen LogP contribution in [0.2, 0.25) is 0 Å². The second kappa shape index (κ2) is 12.8. The van der Waals surface area contributed by atoms with E-state index in [1.54, 1.807) is 48.7 Å². The number of rotatable bonds is 11. The number of ether oxygens (including phenoxy) is 3. The maximum Gasteiger partial charge on any atom is 0.266 e. The highest BCUT2D eigenvalue weighted by Gasteiger charge is 2.26. The standard InChI is InChI=1S/C30H32N4O7S/c1-5-42(37,38)27-11-7-22(34-18(2)35)14-21(27)17-33-30(36)28(20-6-10-25(39-3)26(16-20)40-4)41-23-8-9-24-19(15-23)12-13-32-29(24)31/h6-16,28H,5,17H2,1-4H3,(H2,31,32)(H,33,36)(H,34,35). The molecular formula is C30H32N4O7S. The van der Waals surface area contributed by atoms with E-state index in [-0.39, 0.29) is 23.1 Å². The zero-order chi connectivity index (χ0) is 30.4. The summed E-state index contributed by atoms with van der Waals surface area (Å²) in [4.78, 5) is 29.5. The molecule has 1 heterocycles. The first-order valence-corrected chi connectivity index (χ1v) is 14.6. The van der Waals surface area contributed by atoms with E-state index in [1.807, 2.05) is 0 Å². The van der Waals surface area contributed by atoms with Crippen LogP contribution in [0.4, 0.5) is 11.5 Å². The highest BCUT2D eigenvalue weighted by molar-refractivity contribution is 7.91. The number of fused-ring (bicyclic) bond motifs is 1. The fraction of sp³-hybridized carbons (Fsp3) is 0.233. The van der Waals surface area contributed by atoms with Crippen molar-refractivity contribution in [1.82, 2.24) is 10.3 Å². The lowest BCUT2D eigenvalue weighted by Crippen LogP contribution is -2.32. The van der Waals surface area contributed by atoms with Crippen LogP contribution in [0.3, 0.4) is 0 Å². The molecule has 0 saturated heterocycles. The van der Waals surface area contributed by atoms with Gasteiger partial charge in [0.05, 0.1) is 24.9 Å². The second-order valence-electron chi connectivity index (χ2n) is 9.32. The first kappa shape index (κ1) is 30.1. The molecule has 4 N–H and O–H groups in total. The molecule has 3 aromatic carbocycles. The van der Waals surface area contributed by atoms with Gasteiger partial charge in [0.15, 0.2) is 21.3 Å². The quantitative estimate of drug-likeness (QED) is 0.234. The van der Waals surface area contributed by atoms with Crippen molar-refractivity contribution < 1.29 is 32.2 Å². The van der Waals surface area contributed by atoms with Crippen molar-refractivity contribution in [3.8, 4) is 17.2 Å². The monoisotopic (exact) mass is 592 g/mol. The molecule has 12 heteroatoms. The second-order valence-corrected chi connectivity index (χ2v) is 11.6. The third-order valence-electron chi connectivity index (χ3n) is 6.52. The van der Waals surface area contributed by atoms with Gasteiger partial charge < -0.3 is 30.6 Å². The normalized spacial score (nSPS) is 11.9. The summed E-state index contributed by atoms with van der Waals surface area (Å²) in [5.41, 5.74) is 7.17. The predicted molar refractivity (Wildman–Crippen MR) is 159 cm³/mol. The fourth-order valence-corrected chi connectivity index (χ4v) is 5.53. The van der Waals surface area contributed by atoms with E-state index in [2.05, 4.69) is 15.6 Å². The number of nitrogens with two attached hydrogens (primary N) is 1. The van der Waals surface area contributed by atoms with E-state index in [0.717, 1.165) is 10.8 Å². The van der Waals surface area contributed by atoms with E-state index >= 15 is 0 Å². The van der Waals surface area contributed by atoms with Gasteiger partial charge in [-0.1, -0.05) is 13.0 Å². The minimum absolute atomic E-state index is 0.0590. The van der Waals surface area contributed by atoms with Crippen LogP contribution in [0.5, 0.6) is 17.2 Å². The summed E-state index contributed by atoms with van der Waals surface area (Å²) in [6.07, 6.45) is 0.419. The molecule has 0 aliphatic heterocycles. The fourth-order valence-electron chi connectivity index (χ4n) is 4.41. The van der Waals surface area contributed by atoms with Gasteiger partial charge in [0, 0.05) is 36.3 Å². The van der Waals surface area contributed by atoms with Crippen molar-refractivity contribution in [1.29, 1.82) is 0 Å².